The lowest BCUT2D eigenvalue weighted by molar-refractivity contribution is 0.293. The highest BCUT2D eigenvalue weighted by atomic mass is 79.9. The summed E-state index contributed by atoms with van der Waals surface area (Å²) < 4.78 is 34.4. The lowest BCUT2D eigenvalue weighted by Crippen LogP contribution is -2.11. The highest BCUT2D eigenvalue weighted by Gasteiger charge is 2.26. The molecule has 0 spiro atoms. The van der Waals surface area contributed by atoms with E-state index in [0.717, 1.165) is 137 Å². The van der Waals surface area contributed by atoms with Crippen molar-refractivity contribution >= 4 is 63.7 Å². The molecular formula is C92H116Br4O4. The van der Waals surface area contributed by atoms with Gasteiger partial charge in [0.2, 0.25) is 0 Å². The molecule has 0 aromatic heterocycles. The highest BCUT2D eigenvalue weighted by molar-refractivity contribution is 9.11. The van der Waals surface area contributed by atoms with E-state index in [1.165, 1.54) is 199 Å². The van der Waals surface area contributed by atoms with Crippen molar-refractivity contribution in [2.75, 3.05) is 26.4 Å². The van der Waals surface area contributed by atoms with Gasteiger partial charge in [0.15, 0.2) is 0 Å². The van der Waals surface area contributed by atoms with Gasteiger partial charge in [-0.05, 0) is 212 Å². The van der Waals surface area contributed by atoms with E-state index in [0.29, 0.717) is 52.1 Å². The number of ether oxygens (including phenoxy) is 4. The van der Waals surface area contributed by atoms with E-state index in [1.807, 2.05) is 0 Å². The van der Waals surface area contributed by atoms with Gasteiger partial charge in [0.25, 0.3) is 0 Å². The van der Waals surface area contributed by atoms with Crippen molar-refractivity contribution in [3.8, 4) is 67.5 Å². The van der Waals surface area contributed by atoms with Gasteiger partial charge in [-0.3, -0.25) is 0 Å². The van der Waals surface area contributed by atoms with Crippen molar-refractivity contribution in [3.63, 3.8) is 0 Å². The van der Waals surface area contributed by atoms with E-state index in [9.17, 15) is 0 Å². The zero-order valence-electron chi connectivity index (χ0n) is 61.3. The van der Waals surface area contributed by atoms with E-state index in [2.05, 4.69) is 237 Å². The van der Waals surface area contributed by atoms with Gasteiger partial charge in [-0.25, -0.2) is 0 Å². The molecule has 1 aliphatic rings. The Balaban J connectivity index is 1.29. The van der Waals surface area contributed by atoms with Crippen LogP contribution in [0.15, 0.2) is 163 Å². The lowest BCUT2D eigenvalue weighted by Gasteiger charge is -2.25. The fourth-order valence-corrected chi connectivity index (χ4v) is 15.6. The Morgan fingerprint density at radius 3 is 0.510 bits per heavy atom. The van der Waals surface area contributed by atoms with Crippen molar-refractivity contribution in [1.29, 1.82) is 0 Å². The van der Waals surface area contributed by atoms with Crippen LogP contribution in [0.2, 0.25) is 0 Å². The van der Waals surface area contributed by atoms with Gasteiger partial charge in [0.05, 0.1) is 26.4 Å². The van der Waals surface area contributed by atoms with Crippen LogP contribution in [-0.4, -0.2) is 26.4 Å². The second-order valence-electron chi connectivity index (χ2n) is 28.5. The van der Waals surface area contributed by atoms with Crippen LogP contribution in [0.4, 0.5) is 0 Å². The molecule has 8 heteroatoms. The molecule has 0 N–H and O–H groups in total. The topological polar surface area (TPSA) is 36.9 Å². The summed E-state index contributed by atoms with van der Waals surface area (Å²) in [4.78, 5) is 0. The monoisotopic (exact) mass is 1600 g/mol. The van der Waals surface area contributed by atoms with Gasteiger partial charge in [-0.2, -0.15) is 0 Å². The van der Waals surface area contributed by atoms with Crippen LogP contribution in [0.3, 0.4) is 0 Å². The minimum Gasteiger partial charge on any atom is -0.493 e. The van der Waals surface area contributed by atoms with Crippen molar-refractivity contribution in [1.82, 2.24) is 0 Å². The van der Waals surface area contributed by atoms with Crippen LogP contribution in [0.1, 0.15) is 278 Å². The molecule has 9 rings (SSSR count). The zero-order valence-corrected chi connectivity index (χ0v) is 67.6. The van der Waals surface area contributed by atoms with Crippen molar-refractivity contribution in [2.24, 2.45) is 0 Å². The first-order valence-electron chi connectivity index (χ1n) is 39.3. The molecule has 0 unspecified atom stereocenters. The summed E-state index contributed by atoms with van der Waals surface area (Å²) in [6, 6.07) is 55.1. The van der Waals surface area contributed by atoms with Crippen molar-refractivity contribution in [2.45, 2.75) is 259 Å². The van der Waals surface area contributed by atoms with Crippen LogP contribution in [0.25, 0.3) is 44.5 Å². The largest absolute Gasteiger partial charge is 0.493 e. The number of fused-ring (bicyclic) bond motifs is 8. The molecular weight excluding hydrogens is 1490 g/mol. The zero-order chi connectivity index (χ0) is 69.9. The summed E-state index contributed by atoms with van der Waals surface area (Å²) in [6.45, 7) is 11.8. The molecule has 8 bridgehead atoms. The highest BCUT2D eigenvalue weighted by Crippen LogP contribution is 2.45. The van der Waals surface area contributed by atoms with Crippen LogP contribution < -0.4 is 18.9 Å². The number of hydrogen-bond donors (Lipinski definition) is 0. The van der Waals surface area contributed by atoms with Gasteiger partial charge in [-0.15, -0.1) is 0 Å². The standard InChI is InChI=1S/C92H116Br4O4/c1-5-9-13-17-21-25-29-33-53-97-89-77-57-73(69-37-45-85(93)46-38-69)58-78(89)66-80-60-75(71-41-49-87(95)50-42-71)62-82(91(80)99-55-35-31-27-23-19-15-11-7-3)68-84-64-76(72-43-51-88(96)52-44-72)63-83(92(84)100-56-36-32-28-24-20-16-12-8-4)67-81-61-74(70-39-47-86(94)48-40-70)59-79(65-77)90(81)98-54-34-30-26-22-18-14-10-6-2/h37-52,57-64H,5-36,53-56,65-68H2,1-4H3. The van der Waals surface area contributed by atoms with Gasteiger partial charge in [0, 0.05) is 43.6 Å². The van der Waals surface area contributed by atoms with Crippen molar-refractivity contribution < 1.29 is 18.9 Å². The van der Waals surface area contributed by atoms with E-state index < -0.39 is 0 Å². The molecule has 0 heterocycles. The SMILES string of the molecule is CCCCCCCCCCOc1c2cc(-c3ccc(Br)cc3)cc1Cc1cc(-c3ccc(Br)cc3)cc(c1OCCCCCCCCCC)Cc1cc(-c3ccc(Br)cc3)cc(c1OCCCCCCCCCC)Cc1cc(-c3ccc(Br)cc3)cc(c1OCCCCCCCCCC)C2. The lowest BCUT2D eigenvalue weighted by atomic mass is 9.86. The molecule has 100 heavy (non-hydrogen) atoms. The molecule has 536 valence electrons. The Hall–Kier alpha value is -5.12. The third-order valence-corrected chi connectivity index (χ3v) is 22.3. The second kappa shape index (κ2) is 44.5. The Morgan fingerprint density at radius 2 is 0.350 bits per heavy atom. The minimum atomic E-state index is 0.603. The third-order valence-electron chi connectivity index (χ3n) is 20.2. The van der Waals surface area contributed by atoms with Crippen LogP contribution >= 0.6 is 63.7 Å². The number of hydrogen-bond acceptors (Lipinski definition) is 4. The smallest absolute Gasteiger partial charge is 0.126 e. The van der Waals surface area contributed by atoms with Crippen molar-refractivity contribution in [3.05, 3.63) is 208 Å². The maximum atomic E-state index is 7.55. The molecule has 8 aromatic carbocycles. The fourth-order valence-electron chi connectivity index (χ4n) is 14.5. The maximum absolute atomic E-state index is 7.55. The maximum Gasteiger partial charge on any atom is 0.126 e. The first kappa shape index (κ1) is 79.0. The second-order valence-corrected chi connectivity index (χ2v) is 32.2. The first-order chi connectivity index (χ1) is 49.1. The molecule has 8 aromatic rings. The third kappa shape index (κ3) is 25.6. The summed E-state index contributed by atoms with van der Waals surface area (Å²) in [5, 5.41) is 0. The van der Waals surface area contributed by atoms with E-state index >= 15 is 0 Å². The quantitative estimate of drug-likeness (QED) is 0.0357. The number of halogens is 4. The first-order valence-corrected chi connectivity index (χ1v) is 42.5. The average molecular weight is 1610 g/mol. The van der Waals surface area contributed by atoms with E-state index in [-0.39, 0.29) is 0 Å². The minimum absolute atomic E-state index is 0.603. The predicted octanol–water partition coefficient (Wildman–Crippen LogP) is 30.2. The number of benzene rings is 8. The molecule has 0 saturated carbocycles. The number of unbranched alkanes of at least 4 members (excludes halogenated alkanes) is 28. The Labute approximate surface area is 638 Å². The van der Waals surface area contributed by atoms with Crippen LogP contribution in [0.5, 0.6) is 23.0 Å². The van der Waals surface area contributed by atoms with Gasteiger partial charge in [0.1, 0.15) is 23.0 Å². The summed E-state index contributed by atoms with van der Waals surface area (Å²) in [5.74, 6) is 3.91. The molecule has 0 atom stereocenters. The Kier molecular flexibility index (Phi) is 35.2. The molecule has 0 amide bonds. The van der Waals surface area contributed by atoms with Crippen LogP contribution in [0, 0.1) is 0 Å². The summed E-state index contributed by atoms with van der Waals surface area (Å²) in [5.41, 5.74) is 18.7. The summed E-state index contributed by atoms with van der Waals surface area (Å²) in [6.07, 6.45) is 41.8. The molecule has 4 nitrogen and oxygen atoms in total. The molecule has 0 radical (unpaired) electrons. The Morgan fingerprint density at radius 1 is 0.200 bits per heavy atom. The summed E-state index contributed by atoms with van der Waals surface area (Å²) in [7, 11) is 0. The van der Waals surface area contributed by atoms with Gasteiger partial charge < -0.3 is 18.9 Å². The normalized spacial score (nSPS) is 12.1. The fraction of sp³-hybridized carbons (Fsp3) is 0.478. The Bertz CT molecular complexity index is 3090. The number of rotatable bonds is 44. The van der Waals surface area contributed by atoms with Gasteiger partial charge >= 0.3 is 0 Å². The average Bonchev–Trinajstić information content (AvgIpc) is 0.771. The van der Waals surface area contributed by atoms with E-state index in [4.69, 9.17) is 18.9 Å². The molecule has 1 aliphatic carbocycles. The molecule has 0 saturated heterocycles. The molecule has 0 fully saturated rings. The van der Waals surface area contributed by atoms with E-state index in [1.54, 1.807) is 0 Å². The molecule has 0 aliphatic heterocycles. The van der Waals surface area contributed by atoms with Gasteiger partial charge in [-0.1, -0.05) is 320 Å². The summed E-state index contributed by atoms with van der Waals surface area (Å²) >= 11 is 15.2. The van der Waals surface area contributed by atoms with Crippen LogP contribution in [-0.2, 0) is 25.7 Å². The predicted molar refractivity (Wildman–Crippen MR) is 442 cm³/mol.